The van der Waals surface area contributed by atoms with Gasteiger partial charge in [0.15, 0.2) is 22.4 Å². The molecule has 3 rings (SSSR count). The van der Waals surface area contributed by atoms with E-state index in [1.807, 2.05) is 67.3 Å². The van der Waals surface area contributed by atoms with Crippen LogP contribution in [0.2, 0.25) is 0 Å². The zero-order valence-corrected chi connectivity index (χ0v) is 18.0. The van der Waals surface area contributed by atoms with Gasteiger partial charge in [-0.15, -0.1) is 0 Å². The molecule has 0 saturated heterocycles. The second-order valence-electron chi connectivity index (χ2n) is 6.87. The Morgan fingerprint density at radius 3 is 2.52 bits per heavy atom. The van der Waals surface area contributed by atoms with E-state index in [4.69, 9.17) is 21.7 Å². The second kappa shape index (κ2) is 9.09. The molecule has 1 aliphatic rings. The number of allylic oxidation sites excluding steroid dienone is 1. The van der Waals surface area contributed by atoms with Crippen molar-refractivity contribution in [1.82, 2.24) is 10.2 Å². The fourth-order valence-corrected chi connectivity index (χ4v) is 3.97. The lowest BCUT2D eigenvalue weighted by Crippen LogP contribution is -2.47. The molecule has 1 aliphatic heterocycles. The molecule has 0 radical (unpaired) electrons. The minimum atomic E-state index is -0.320. The van der Waals surface area contributed by atoms with Crippen LogP contribution < -0.4 is 14.8 Å². The number of benzene rings is 2. The van der Waals surface area contributed by atoms with Crippen LogP contribution in [0.3, 0.4) is 0 Å². The number of carbonyl (C=O) groups excluding carboxylic acids is 1. The Balaban J connectivity index is 1.91. The normalized spacial score (nSPS) is 16.5. The van der Waals surface area contributed by atoms with Gasteiger partial charge in [0.2, 0.25) is 0 Å². The van der Waals surface area contributed by atoms with E-state index in [1.165, 1.54) is 0 Å². The van der Waals surface area contributed by atoms with Crippen molar-refractivity contribution in [3.63, 3.8) is 0 Å². The molecule has 1 heterocycles. The first kappa shape index (κ1) is 20.9. The van der Waals surface area contributed by atoms with Crippen LogP contribution in [0.25, 0.3) is 0 Å². The summed E-state index contributed by atoms with van der Waals surface area (Å²) in [5, 5.41) is 3.92. The Kier molecular flexibility index (Phi) is 6.54. The van der Waals surface area contributed by atoms with E-state index in [0.29, 0.717) is 35.3 Å². The summed E-state index contributed by atoms with van der Waals surface area (Å²) in [6.45, 7) is 6.69. The summed E-state index contributed by atoms with van der Waals surface area (Å²) in [7, 11) is 1.61. The molecular weight excluding hydrogens is 384 g/mol. The highest BCUT2D eigenvalue weighted by Crippen LogP contribution is 2.36. The summed E-state index contributed by atoms with van der Waals surface area (Å²) in [6.07, 6.45) is 0. The van der Waals surface area contributed by atoms with Crippen LogP contribution in [-0.2, 0) is 11.4 Å². The van der Waals surface area contributed by atoms with Gasteiger partial charge in [-0.1, -0.05) is 36.4 Å². The van der Waals surface area contributed by atoms with E-state index >= 15 is 0 Å². The Morgan fingerprint density at radius 2 is 1.90 bits per heavy atom. The maximum Gasteiger partial charge on any atom is 0.173 e. The Hall–Kier alpha value is -2.86. The average Bonchev–Trinajstić information content (AvgIpc) is 2.72. The van der Waals surface area contributed by atoms with Crippen molar-refractivity contribution in [2.24, 2.45) is 0 Å². The number of methoxy groups -OCH3 is 1. The zero-order valence-electron chi connectivity index (χ0n) is 17.2. The smallest absolute Gasteiger partial charge is 0.173 e. The predicted octanol–water partition coefficient (Wildman–Crippen LogP) is 4.39. The maximum atomic E-state index is 12.4. The topological polar surface area (TPSA) is 50.8 Å². The Labute approximate surface area is 177 Å². The van der Waals surface area contributed by atoms with Gasteiger partial charge in [0.05, 0.1) is 13.2 Å². The highest BCUT2D eigenvalue weighted by Gasteiger charge is 2.32. The SMILES string of the molecule is CCN1C(=S)NC(c2ccc(OCc3ccccc3)c(OC)c2)C(C(C)=O)=C1C. The predicted molar refractivity (Wildman–Crippen MR) is 118 cm³/mol. The number of nitrogens with zero attached hydrogens (tertiary/aromatic N) is 1. The van der Waals surface area contributed by atoms with E-state index in [1.54, 1.807) is 14.0 Å². The fourth-order valence-electron chi connectivity index (χ4n) is 3.59. The molecule has 0 bridgehead atoms. The number of nitrogens with one attached hydrogen (secondary N) is 1. The van der Waals surface area contributed by atoms with Crippen LogP contribution in [0.1, 0.15) is 37.9 Å². The van der Waals surface area contributed by atoms with Crippen LogP contribution in [-0.4, -0.2) is 29.5 Å². The Bertz CT molecular complexity index is 940. The summed E-state index contributed by atoms with van der Waals surface area (Å²) < 4.78 is 11.5. The lowest BCUT2D eigenvalue weighted by atomic mass is 9.92. The van der Waals surface area contributed by atoms with Crippen LogP contribution in [0, 0.1) is 0 Å². The number of rotatable bonds is 7. The first-order chi connectivity index (χ1) is 14.0. The molecule has 29 heavy (non-hydrogen) atoms. The van der Waals surface area contributed by atoms with Crippen LogP contribution in [0.4, 0.5) is 0 Å². The van der Waals surface area contributed by atoms with Crippen molar-refractivity contribution in [3.8, 4) is 11.5 Å². The van der Waals surface area contributed by atoms with Crippen molar-refractivity contribution in [1.29, 1.82) is 0 Å². The number of ketones is 1. The van der Waals surface area contributed by atoms with Crippen LogP contribution in [0.5, 0.6) is 11.5 Å². The van der Waals surface area contributed by atoms with Gasteiger partial charge in [0.25, 0.3) is 0 Å². The molecule has 0 saturated carbocycles. The molecule has 2 aromatic rings. The average molecular weight is 411 g/mol. The molecule has 6 heteroatoms. The molecule has 0 fully saturated rings. The third-order valence-corrected chi connectivity index (χ3v) is 5.39. The van der Waals surface area contributed by atoms with Crippen molar-refractivity contribution in [2.45, 2.75) is 33.4 Å². The Morgan fingerprint density at radius 1 is 1.17 bits per heavy atom. The molecule has 0 aromatic heterocycles. The van der Waals surface area contributed by atoms with Gasteiger partial charge in [0, 0.05) is 17.8 Å². The molecule has 0 aliphatic carbocycles. The minimum absolute atomic E-state index is 0.0179. The zero-order chi connectivity index (χ0) is 21.0. The van der Waals surface area contributed by atoms with Gasteiger partial charge < -0.3 is 19.7 Å². The minimum Gasteiger partial charge on any atom is -0.493 e. The lowest BCUT2D eigenvalue weighted by molar-refractivity contribution is -0.114. The van der Waals surface area contributed by atoms with E-state index in [2.05, 4.69) is 5.32 Å². The van der Waals surface area contributed by atoms with Crippen molar-refractivity contribution < 1.29 is 14.3 Å². The highest BCUT2D eigenvalue weighted by atomic mass is 32.1. The van der Waals surface area contributed by atoms with Gasteiger partial charge in [-0.3, -0.25) is 4.79 Å². The number of carbonyl (C=O) groups is 1. The number of ether oxygens (including phenoxy) is 2. The number of hydrogen-bond donors (Lipinski definition) is 1. The molecule has 1 unspecified atom stereocenters. The van der Waals surface area contributed by atoms with Crippen LogP contribution in [0.15, 0.2) is 59.8 Å². The van der Waals surface area contributed by atoms with Gasteiger partial charge in [-0.05, 0) is 56.2 Å². The monoisotopic (exact) mass is 410 g/mol. The molecule has 152 valence electrons. The molecule has 2 aromatic carbocycles. The molecule has 1 N–H and O–H groups in total. The van der Waals surface area contributed by atoms with Gasteiger partial charge >= 0.3 is 0 Å². The number of hydrogen-bond acceptors (Lipinski definition) is 4. The van der Waals surface area contributed by atoms with Crippen molar-refractivity contribution >= 4 is 23.1 Å². The lowest BCUT2D eigenvalue weighted by Gasteiger charge is -2.37. The van der Waals surface area contributed by atoms with Gasteiger partial charge in [0.1, 0.15) is 6.61 Å². The molecule has 1 atom stereocenters. The quantitative estimate of drug-likeness (QED) is 0.684. The third-order valence-electron chi connectivity index (χ3n) is 5.05. The van der Waals surface area contributed by atoms with E-state index in [0.717, 1.165) is 16.8 Å². The molecule has 5 nitrogen and oxygen atoms in total. The number of Topliss-reactive ketones (excluding diaryl/α,β-unsaturated/α-hetero) is 1. The summed E-state index contributed by atoms with van der Waals surface area (Å²) >= 11 is 5.52. The van der Waals surface area contributed by atoms with Gasteiger partial charge in [-0.25, -0.2) is 0 Å². The molecule has 0 spiro atoms. The summed E-state index contributed by atoms with van der Waals surface area (Å²) in [5.41, 5.74) is 3.57. The highest BCUT2D eigenvalue weighted by molar-refractivity contribution is 7.80. The maximum absolute atomic E-state index is 12.4. The van der Waals surface area contributed by atoms with E-state index < -0.39 is 0 Å². The number of thiocarbonyl (C=S) groups is 1. The summed E-state index contributed by atoms with van der Waals surface area (Å²) in [4.78, 5) is 14.4. The second-order valence-corrected chi connectivity index (χ2v) is 7.25. The summed E-state index contributed by atoms with van der Waals surface area (Å²) in [5.74, 6) is 1.28. The van der Waals surface area contributed by atoms with Crippen molar-refractivity contribution in [2.75, 3.05) is 13.7 Å². The van der Waals surface area contributed by atoms with Crippen molar-refractivity contribution in [3.05, 3.63) is 70.9 Å². The molecule has 0 amide bonds. The van der Waals surface area contributed by atoms with Crippen LogP contribution >= 0.6 is 12.2 Å². The fraction of sp³-hybridized carbons (Fsp3) is 0.304. The molecular formula is C23H26N2O3S. The van der Waals surface area contributed by atoms with E-state index in [-0.39, 0.29) is 11.8 Å². The first-order valence-corrected chi connectivity index (χ1v) is 10.0. The standard InChI is InChI=1S/C23H26N2O3S/c1-5-25-15(2)21(16(3)26)22(24-23(25)29)18-11-12-19(20(13-18)27-4)28-14-17-9-7-6-8-10-17/h6-13,22H,5,14H2,1-4H3,(H,24,29). The van der Waals surface area contributed by atoms with E-state index in [9.17, 15) is 4.79 Å². The summed E-state index contributed by atoms with van der Waals surface area (Å²) in [6, 6.07) is 15.4. The first-order valence-electron chi connectivity index (χ1n) is 9.60. The third kappa shape index (κ3) is 4.43. The largest absolute Gasteiger partial charge is 0.493 e. The van der Waals surface area contributed by atoms with Gasteiger partial charge in [-0.2, -0.15) is 0 Å².